The Morgan fingerprint density at radius 1 is 1.47 bits per heavy atom. The van der Waals surface area contributed by atoms with Gasteiger partial charge in [-0.15, -0.1) is 0 Å². The van der Waals surface area contributed by atoms with Crippen LogP contribution in [0.4, 0.5) is 13.2 Å². The van der Waals surface area contributed by atoms with Crippen LogP contribution in [0.2, 0.25) is 0 Å². The molecule has 1 aliphatic rings. The lowest BCUT2D eigenvalue weighted by molar-refractivity contribution is -0.211. The van der Waals surface area contributed by atoms with Gasteiger partial charge in [-0.05, 0) is 6.42 Å². The van der Waals surface area contributed by atoms with E-state index in [0.29, 0.717) is 19.6 Å². The van der Waals surface area contributed by atoms with E-state index in [1.165, 1.54) is 0 Å². The molecule has 0 amide bonds. The van der Waals surface area contributed by atoms with Crippen molar-refractivity contribution in [2.24, 2.45) is 5.92 Å². The molecule has 2 unspecified atom stereocenters. The third-order valence-corrected chi connectivity index (χ3v) is 2.82. The molecule has 6 heteroatoms. The molecule has 0 radical (unpaired) electrons. The summed E-state index contributed by atoms with van der Waals surface area (Å²) in [6.45, 7) is 2.72. The molecule has 2 atom stereocenters. The third kappa shape index (κ3) is 4.53. The van der Waals surface area contributed by atoms with E-state index in [2.05, 4.69) is 4.74 Å². The predicted octanol–water partition coefficient (Wildman–Crippen LogP) is 2.69. The average molecular weight is 254 g/mol. The Morgan fingerprint density at radius 3 is 2.76 bits per heavy atom. The molecule has 0 saturated carbocycles. The summed E-state index contributed by atoms with van der Waals surface area (Å²) < 4.78 is 46.0. The van der Waals surface area contributed by atoms with E-state index in [1.807, 2.05) is 6.92 Å². The van der Waals surface area contributed by atoms with Gasteiger partial charge in [-0.2, -0.15) is 13.2 Å². The number of hydrogen-bond acceptors (Lipinski definition) is 3. The van der Waals surface area contributed by atoms with Crippen molar-refractivity contribution in [1.29, 1.82) is 0 Å². The van der Waals surface area contributed by atoms with E-state index in [0.717, 1.165) is 19.3 Å². The quantitative estimate of drug-likeness (QED) is 0.723. The Kier molecular flexibility index (Phi) is 5.24. The van der Waals surface area contributed by atoms with Crippen LogP contribution >= 0.6 is 0 Å². The Morgan fingerprint density at radius 2 is 2.18 bits per heavy atom. The van der Waals surface area contributed by atoms with Gasteiger partial charge in [-0.3, -0.25) is 0 Å². The zero-order valence-corrected chi connectivity index (χ0v) is 9.76. The first-order chi connectivity index (χ1) is 7.95. The number of esters is 1. The summed E-state index contributed by atoms with van der Waals surface area (Å²) in [6, 6.07) is 0. The number of carbonyl (C=O) groups excluding carboxylic acids is 1. The van der Waals surface area contributed by atoms with Crippen molar-refractivity contribution in [3.05, 3.63) is 0 Å². The zero-order chi connectivity index (χ0) is 12.9. The monoisotopic (exact) mass is 254 g/mol. The van der Waals surface area contributed by atoms with Gasteiger partial charge in [-0.25, -0.2) is 4.79 Å². The molecule has 0 aliphatic carbocycles. The number of hydrogen-bond donors (Lipinski definition) is 0. The average Bonchev–Trinajstić information content (AvgIpc) is 2.26. The van der Waals surface area contributed by atoms with Crippen LogP contribution < -0.4 is 0 Å². The second-order valence-electron chi connectivity index (χ2n) is 4.21. The summed E-state index contributed by atoms with van der Waals surface area (Å²) in [7, 11) is 0. The summed E-state index contributed by atoms with van der Waals surface area (Å²) in [5.74, 6) is -2.21. The van der Waals surface area contributed by atoms with Crippen molar-refractivity contribution in [2.45, 2.75) is 44.9 Å². The van der Waals surface area contributed by atoms with Gasteiger partial charge in [0.05, 0.1) is 13.2 Å². The maximum absolute atomic E-state index is 12.1. The smallest absolute Gasteiger partial charge is 0.455 e. The Labute approximate surface area is 98.3 Å². The molecule has 3 nitrogen and oxygen atoms in total. The minimum absolute atomic E-state index is 0.116. The summed E-state index contributed by atoms with van der Waals surface area (Å²) >= 11 is 0. The highest BCUT2D eigenvalue weighted by molar-refractivity contribution is 5.75. The minimum Gasteiger partial charge on any atom is -0.455 e. The van der Waals surface area contributed by atoms with E-state index < -0.39 is 18.2 Å². The van der Waals surface area contributed by atoms with Gasteiger partial charge in [-0.1, -0.05) is 19.8 Å². The van der Waals surface area contributed by atoms with Gasteiger partial charge in [0.15, 0.2) is 0 Å². The van der Waals surface area contributed by atoms with Crippen LogP contribution in [-0.4, -0.2) is 31.5 Å². The number of carbonyl (C=O) groups is 1. The molecule has 1 fully saturated rings. The van der Waals surface area contributed by atoms with Gasteiger partial charge in [0, 0.05) is 12.3 Å². The van der Waals surface area contributed by atoms with E-state index in [4.69, 9.17) is 4.74 Å². The van der Waals surface area contributed by atoms with Crippen LogP contribution in [0.5, 0.6) is 0 Å². The molecule has 1 aliphatic heterocycles. The van der Waals surface area contributed by atoms with E-state index >= 15 is 0 Å². The first-order valence-corrected chi connectivity index (χ1v) is 5.80. The molecule has 0 aromatic rings. The van der Waals surface area contributed by atoms with Gasteiger partial charge in [0.1, 0.15) is 6.10 Å². The normalized spacial score (nSPS) is 25.6. The zero-order valence-electron chi connectivity index (χ0n) is 9.76. The standard InChI is InChI=1S/C11H17F3O3/c1-2-3-4-8-7-16-6-5-9(8)17-10(15)11(12,13)14/h8-9H,2-7H2,1H3. The van der Waals surface area contributed by atoms with Crippen LogP contribution in [0.15, 0.2) is 0 Å². The highest BCUT2D eigenvalue weighted by atomic mass is 19.4. The highest BCUT2D eigenvalue weighted by Gasteiger charge is 2.43. The molecule has 0 aromatic heterocycles. The van der Waals surface area contributed by atoms with Gasteiger partial charge in [0.2, 0.25) is 0 Å². The molecular formula is C11H17F3O3. The fourth-order valence-electron chi connectivity index (χ4n) is 1.87. The van der Waals surface area contributed by atoms with Gasteiger partial charge >= 0.3 is 12.1 Å². The van der Waals surface area contributed by atoms with Crippen molar-refractivity contribution >= 4 is 5.97 Å². The number of ether oxygens (including phenoxy) is 2. The van der Waals surface area contributed by atoms with Crippen LogP contribution in [-0.2, 0) is 14.3 Å². The molecular weight excluding hydrogens is 237 g/mol. The van der Waals surface area contributed by atoms with Crippen molar-refractivity contribution < 1.29 is 27.4 Å². The lowest BCUT2D eigenvalue weighted by Crippen LogP contribution is -2.39. The van der Waals surface area contributed by atoms with Crippen molar-refractivity contribution in [3.8, 4) is 0 Å². The van der Waals surface area contributed by atoms with E-state index in [1.54, 1.807) is 0 Å². The molecule has 1 rings (SSSR count). The predicted molar refractivity (Wildman–Crippen MR) is 54.4 cm³/mol. The molecule has 17 heavy (non-hydrogen) atoms. The number of unbranched alkanes of at least 4 members (excludes halogenated alkanes) is 1. The SMILES string of the molecule is CCCCC1COCCC1OC(=O)C(F)(F)F. The van der Waals surface area contributed by atoms with Crippen LogP contribution in [0.3, 0.4) is 0 Å². The summed E-state index contributed by atoms with van der Waals surface area (Å²) in [5, 5.41) is 0. The molecule has 1 saturated heterocycles. The maximum atomic E-state index is 12.1. The highest BCUT2D eigenvalue weighted by Crippen LogP contribution is 2.26. The summed E-state index contributed by atoms with van der Waals surface area (Å²) in [5.41, 5.74) is 0. The molecule has 0 N–H and O–H groups in total. The number of alkyl halides is 3. The fraction of sp³-hybridized carbons (Fsp3) is 0.909. The second-order valence-corrected chi connectivity index (χ2v) is 4.21. The van der Waals surface area contributed by atoms with Crippen LogP contribution in [0.25, 0.3) is 0 Å². The lowest BCUT2D eigenvalue weighted by atomic mass is 9.93. The second kappa shape index (κ2) is 6.23. The summed E-state index contributed by atoms with van der Waals surface area (Å²) in [4.78, 5) is 10.8. The number of rotatable bonds is 4. The van der Waals surface area contributed by atoms with E-state index in [9.17, 15) is 18.0 Å². The fourth-order valence-corrected chi connectivity index (χ4v) is 1.87. The third-order valence-electron chi connectivity index (χ3n) is 2.82. The Balaban J connectivity index is 2.50. The van der Waals surface area contributed by atoms with Crippen molar-refractivity contribution in [1.82, 2.24) is 0 Å². The van der Waals surface area contributed by atoms with Crippen molar-refractivity contribution in [2.75, 3.05) is 13.2 Å². The van der Waals surface area contributed by atoms with E-state index in [-0.39, 0.29) is 5.92 Å². The minimum atomic E-state index is -4.91. The van der Waals surface area contributed by atoms with Gasteiger partial charge in [0.25, 0.3) is 0 Å². The largest absolute Gasteiger partial charge is 0.490 e. The number of halogens is 3. The maximum Gasteiger partial charge on any atom is 0.490 e. The topological polar surface area (TPSA) is 35.5 Å². The van der Waals surface area contributed by atoms with Crippen LogP contribution in [0, 0.1) is 5.92 Å². The summed E-state index contributed by atoms with van der Waals surface area (Å²) in [6.07, 6.45) is -2.65. The van der Waals surface area contributed by atoms with Crippen molar-refractivity contribution in [3.63, 3.8) is 0 Å². The molecule has 0 aromatic carbocycles. The Bertz CT molecular complexity index is 253. The Hall–Kier alpha value is -0.780. The van der Waals surface area contributed by atoms with Gasteiger partial charge < -0.3 is 9.47 Å². The molecule has 100 valence electrons. The first-order valence-electron chi connectivity index (χ1n) is 5.80. The molecule has 1 heterocycles. The molecule has 0 spiro atoms. The first kappa shape index (κ1) is 14.3. The molecule has 0 bridgehead atoms. The lowest BCUT2D eigenvalue weighted by Gasteiger charge is -2.31. The van der Waals surface area contributed by atoms with Crippen LogP contribution in [0.1, 0.15) is 32.6 Å².